The van der Waals surface area contributed by atoms with Crippen molar-refractivity contribution in [2.24, 2.45) is 23.2 Å². The number of hydrogen-bond donors (Lipinski definition) is 2. The molecule has 0 spiro atoms. The van der Waals surface area contributed by atoms with Crippen LogP contribution in [-0.4, -0.2) is 30.0 Å². The molecule has 5 rings (SSSR count). The van der Waals surface area contributed by atoms with E-state index in [9.17, 15) is 14.7 Å². The summed E-state index contributed by atoms with van der Waals surface area (Å²) in [5, 5.41) is 12.4. The van der Waals surface area contributed by atoms with Crippen LogP contribution in [0.2, 0.25) is 0 Å². The molecule has 4 saturated carbocycles. The Morgan fingerprint density at radius 1 is 1.08 bits per heavy atom. The lowest BCUT2D eigenvalue weighted by molar-refractivity contribution is -0.140. The maximum atomic E-state index is 12.6. The van der Waals surface area contributed by atoms with Gasteiger partial charge in [-0.3, -0.25) is 9.59 Å². The monoisotopic (exact) mass is 356 g/mol. The number of phenolic OH excluding ortho intramolecular Hbond substituents is 1. The molecule has 0 aliphatic heterocycles. The summed E-state index contributed by atoms with van der Waals surface area (Å²) in [4.78, 5) is 26.5. The van der Waals surface area contributed by atoms with Crippen LogP contribution in [0.15, 0.2) is 24.3 Å². The number of benzene rings is 1. The van der Waals surface area contributed by atoms with E-state index in [0.29, 0.717) is 5.69 Å². The van der Waals surface area contributed by atoms with E-state index in [-0.39, 0.29) is 17.2 Å². The van der Waals surface area contributed by atoms with Crippen LogP contribution in [0, 0.1) is 23.2 Å². The number of nitrogens with zero attached hydrogens (tertiary/aromatic N) is 1. The molecule has 0 saturated heterocycles. The second-order valence-corrected chi connectivity index (χ2v) is 8.86. The summed E-state index contributed by atoms with van der Waals surface area (Å²) in [5.41, 5.74) is 0.771. The first-order chi connectivity index (χ1) is 12.4. The minimum atomic E-state index is -0.563. The summed E-state index contributed by atoms with van der Waals surface area (Å²) in [5.74, 6) is 1.48. The Hall–Kier alpha value is -2.04. The van der Waals surface area contributed by atoms with E-state index in [4.69, 9.17) is 0 Å². The van der Waals surface area contributed by atoms with Crippen LogP contribution >= 0.6 is 0 Å². The number of aromatic hydroxyl groups is 1. The molecule has 1 atom stereocenters. The molecule has 4 fully saturated rings. The Balaban J connectivity index is 1.42. The average molecular weight is 356 g/mol. The lowest BCUT2D eigenvalue weighted by Gasteiger charge is -2.59. The number of carbonyl (C=O) groups is 2. The van der Waals surface area contributed by atoms with Gasteiger partial charge in [-0.05, 0) is 92.9 Å². The Bertz CT molecular complexity index is 677. The van der Waals surface area contributed by atoms with Crippen LogP contribution in [0.5, 0.6) is 5.75 Å². The second-order valence-electron chi connectivity index (χ2n) is 8.86. The fourth-order valence-corrected chi connectivity index (χ4v) is 6.07. The summed E-state index contributed by atoms with van der Waals surface area (Å²) < 4.78 is 0. The predicted octanol–water partition coefficient (Wildman–Crippen LogP) is 3.08. The number of carbonyl (C=O) groups excluding carboxylic acids is 2. The molecule has 26 heavy (non-hydrogen) atoms. The van der Waals surface area contributed by atoms with E-state index in [1.54, 1.807) is 19.2 Å². The summed E-state index contributed by atoms with van der Waals surface area (Å²) >= 11 is 0. The van der Waals surface area contributed by atoms with Crippen molar-refractivity contribution in [3.63, 3.8) is 0 Å². The number of anilines is 1. The van der Waals surface area contributed by atoms with Gasteiger partial charge in [0.1, 0.15) is 5.75 Å². The van der Waals surface area contributed by atoms with Crippen molar-refractivity contribution in [2.75, 3.05) is 11.9 Å². The maximum Gasteiger partial charge on any atom is 0.316 e. The zero-order valence-electron chi connectivity index (χ0n) is 15.6. The maximum absolute atomic E-state index is 12.6. The molecule has 0 heterocycles. The Morgan fingerprint density at radius 3 is 2.08 bits per heavy atom. The highest BCUT2D eigenvalue weighted by Gasteiger charge is 2.53. The molecule has 1 unspecified atom stereocenters. The summed E-state index contributed by atoms with van der Waals surface area (Å²) in [6, 6.07) is 6.30. The van der Waals surface area contributed by atoms with Gasteiger partial charge in [0.25, 0.3) is 0 Å². The zero-order chi connectivity index (χ0) is 18.5. The predicted molar refractivity (Wildman–Crippen MR) is 99.7 cm³/mol. The second kappa shape index (κ2) is 6.29. The van der Waals surface area contributed by atoms with Crippen molar-refractivity contribution in [3.8, 4) is 5.75 Å². The van der Waals surface area contributed by atoms with E-state index in [0.717, 1.165) is 17.8 Å². The fraction of sp³-hybridized carbons (Fsp3) is 0.619. The third kappa shape index (κ3) is 2.97. The first-order valence-electron chi connectivity index (χ1n) is 9.74. The fourth-order valence-electron chi connectivity index (χ4n) is 6.07. The highest BCUT2D eigenvalue weighted by molar-refractivity contribution is 6.40. The van der Waals surface area contributed by atoms with Gasteiger partial charge in [-0.2, -0.15) is 0 Å². The number of likely N-dealkylation sites (N-methyl/N-ethyl adjacent to an activating group) is 1. The van der Waals surface area contributed by atoms with Gasteiger partial charge in [0, 0.05) is 18.8 Å². The summed E-state index contributed by atoms with van der Waals surface area (Å²) in [6.45, 7) is 2.08. The Labute approximate surface area is 154 Å². The van der Waals surface area contributed by atoms with E-state index in [1.807, 2.05) is 0 Å². The third-order valence-corrected chi connectivity index (χ3v) is 7.09. The van der Waals surface area contributed by atoms with Gasteiger partial charge in [0.2, 0.25) is 0 Å². The molecule has 5 heteroatoms. The molecule has 4 bridgehead atoms. The van der Waals surface area contributed by atoms with Crippen LogP contribution in [0.4, 0.5) is 5.69 Å². The smallest absolute Gasteiger partial charge is 0.316 e. The normalized spacial score (nSPS) is 32.9. The van der Waals surface area contributed by atoms with Gasteiger partial charge in [0.05, 0.1) is 0 Å². The van der Waals surface area contributed by atoms with Crippen LogP contribution in [0.1, 0.15) is 45.4 Å². The molecular weight excluding hydrogens is 328 g/mol. The number of nitrogens with one attached hydrogen (secondary N) is 1. The highest BCUT2D eigenvalue weighted by atomic mass is 16.3. The van der Waals surface area contributed by atoms with Crippen LogP contribution in [-0.2, 0) is 9.59 Å². The van der Waals surface area contributed by atoms with Gasteiger partial charge in [-0.25, -0.2) is 0 Å². The van der Waals surface area contributed by atoms with Crippen molar-refractivity contribution in [3.05, 3.63) is 24.3 Å². The number of amides is 2. The number of hydrogen-bond acceptors (Lipinski definition) is 3. The topological polar surface area (TPSA) is 69.6 Å². The average Bonchev–Trinajstić information content (AvgIpc) is 2.60. The van der Waals surface area contributed by atoms with Gasteiger partial charge >= 0.3 is 11.8 Å². The summed E-state index contributed by atoms with van der Waals surface area (Å²) in [7, 11) is 1.59. The molecule has 2 amide bonds. The van der Waals surface area contributed by atoms with Gasteiger partial charge < -0.3 is 15.3 Å². The SMILES string of the molecule is CC(NC(=O)C(=O)N(C)c1ccc(O)cc1)C12CC3CC(CC(C3)C1)C2. The first-order valence-corrected chi connectivity index (χ1v) is 9.74. The van der Waals surface area contributed by atoms with Crippen LogP contribution < -0.4 is 10.2 Å². The Morgan fingerprint density at radius 2 is 1.58 bits per heavy atom. The largest absolute Gasteiger partial charge is 0.508 e. The molecule has 0 aromatic heterocycles. The summed E-state index contributed by atoms with van der Waals surface area (Å²) in [6.07, 6.45) is 7.68. The standard InChI is InChI=1S/C21H28N2O3/c1-13(21-10-14-7-15(11-21)9-16(8-14)12-21)22-19(25)20(26)23(2)17-3-5-18(24)6-4-17/h3-6,13-16,24H,7-12H2,1-2H3,(H,22,25). The lowest BCUT2D eigenvalue weighted by atomic mass is 9.48. The highest BCUT2D eigenvalue weighted by Crippen LogP contribution is 2.61. The molecule has 2 N–H and O–H groups in total. The zero-order valence-corrected chi connectivity index (χ0v) is 15.6. The van der Waals surface area contributed by atoms with Crippen LogP contribution in [0.3, 0.4) is 0 Å². The van der Waals surface area contributed by atoms with E-state index >= 15 is 0 Å². The molecule has 1 aromatic rings. The minimum absolute atomic E-state index is 0.0283. The molecule has 5 nitrogen and oxygen atoms in total. The molecule has 4 aliphatic rings. The van der Waals surface area contributed by atoms with Crippen LogP contribution in [0.25, 0.3) is 0 Å². The van der Waals surface area contributed by atoms with Gasteiger partial charge in [-0.15, -0.1) is 0 Å². The van der Waals surface area contributed by atoms with Crippen molar-refractivity contribution in [1.82, 2.24) is 5.32 Å². The molecule has 140 valence electrons. The Kier molecular flexibility index (Phi) is 4.20. The van der Waals surface area contributed by atoms with Crippen molar-refractivity contribution in [1.29, 1.82) is 0 Å². The van der Waals surface area contributed by atoms with E-state index in [1.165, 1.54) is 55.6 Å². The number of phenols is 1. The molecular formula is C21H28N2O3. The van der Waals surface area contributed by atoms with Crippen molar-refractivity contribution in [2.45, 2.75) is 51.5 Å². The van der Waals surface area contributed by atoms with Crippen molar-refractivity contribution < 1.29 is 14.7 Å². The van der Waals surface area contributed by atoms with E-state index < -0.39 is 11.8 Å². The molecule has 4 aliphatic carbocycles. The van der Waals surface area contributed by atoms with Crippen molar-refractivity contribution >= 4 is 17.5 Å². The quantitative estimate of drug-likeness (QED) is 0.818. The number of rotatable bonds is 3. The van der Waals surface area contributed by atoms with Gasteiger partial charge in [-0.1, -0.05) is 0 Å². The molecule has 1 aromatic carbocycles. The van der Waals surface area contributed by atoms with E-state index in [2.05, 4.69) is 12.2 Å². The molecule has 0 radical (unpaired) electrons. The third-order valence-electron chi connectivity index (χ3n) is 7.09. The first kappa shape index (κ1) is 17.4. The van der Waals surface area contributed by atoms with Gasteiger partial charge in [0.15, 0.2) is 0 Å². The lowest BCUT2D eigenvalue weighted by Crippen LogP contribution is -2.57. The minimum Gasteiger partial charge on any atom is -0.508 e.